The van der Waals surface area contributed by atoms with E-state index in [9.17, 15) is 0 Å². The van der Waals surface area contributed by atoms with E-state index in [1.54, 1.807) is 0 Å². The standard InChI is InChI=1S/C12H14N4/c1-9-2-4-10(5-3-9)8-11-6-7-12(14-13)16-15-11/h2-7H,8,13H2,1H3,(H,14,16). The van der Waals surface area contributed by atoms with Crippen LogP contribution < -0.4 is 11.3 Å². The largest absolute Gasteiger partial charge is 0.307 e. The lowest BCUT2D eigenvalue weighted by molar-refractivity contribution is 0.934. The number of aryl methyl sites for hydroxylation is 1. The van der Waals surface area contributed by atoms with Crippen molar-refractivity contribution in [3.05, 3.63) is 53.2 Å². The van der Waals surface area contributed by atoms with Gasteiger partial charge in [0, 0.05) is 6.42 Å². The maximum Gasteiger partial charge on any atom is 0.162 e. The van der Waals surface area contributed by atoms with Crippen molar-refractivity contribution >= 4 is 5.82 Å². The molecule has 0 bridgehead atoms. The zero-order chi connectivity index (χ0) is 11.4. The number of hydrogen-bond acceptors (Lipinski definition) is 4. The first-order valence-electron chi connectivity index (χ1n) is 5.13. The zero-order valence-corrected chi connectivity index (χ0v) is 9.14. The molecule has 0 saturated carbocycles. The third kappa shape index (κ3) is 2.55. The number of hydrogen-bond donors (Lipinski definition) is 2. The van der Waals surface area contributed by atoms with Crippen LogP contribution in [0.4, 0.5) is 5.82 Å². The maximum absolute atomic E-state index is 5.22. The van der Waals surface area contributed by atoms with E-state index in [1.807, 2.05) is 12.1 Å². The molecule has 0 amide bonds. The van der Waals surface area contributed by atoms with E-state index in [4.69, 9.17) is 5.84 Å². The molecule has 0 radical (unpaired) electrons. The molecular weight excluding hydrogens is 200 g/mol. The zero-order valence-electron chi connectivity index (χ0n) is 9.14. The summed E-state index contributed by atoms with van der Waals surface area (Å²) in [4.78, 5) is 0. The van der Waals surface area contributed by atoms with Crippen LogP contribution in [0.2, 0.25) is 0 Å². The first kappa shape index (κ1) is 10.6. The minimum Gasteiger partial charge on any atom is -0.307 e. The lowest BCUT2D eigenvalue weighted by Gasteiger charge is -2.02. The first-order chi connectivity index (χ1) is 7.78. The number of nitrogens with zero attached hydrogens (tertiary/aromatic N) is 2. The minimum absolute atomic E-state index is 0.577. The van der Waals surface area contributed by atoms with Gasteiger partial charge in [-0.3, -0.25) is 0 Å². The predicted molar refractivity (Wildman–Crippen MR) is 63.8 cm³/mol. The lowest BCUT2D eigenvalue weighted by atomic mass is 10.1. The van der Waals surface area contributed by atoms with Gasteiger partial charge in [0.1, 0.15) is 0 Å². The summed E-state index contributed by atoms with van der Waals surface area (Å²) in [6.45, 7) is 2.07. The van der Waals surface area contributed by atoms with Crippen LogP contribution in [0.3, 0.4) is 0 Å². The van der Waals surface area contributed by atoms with Gasteiger partial charge in [-0.1, -0.05) is 29.8 Å². The summed E-state index contributed by atoms with van der Waals surface area (Å²) in [5.41, 5.74) is 5.88. The van der Waals surface area contributed by atoms with Crippen molar-refractivity contribution in [2.45, 2.75) is 13.3 Å². The van der Waals surface area contributed by atoms with Gasteiger partial charge in [0.25, 0.3) is 0 Å². The van der Waals surface area contributed by atoms with Crippen molar-refractivity contribution in [2.75, 3.05) is 5.43 Å². The van der Waals surface area contributed by atoms with E-state index in [2.05, 4.69) is 46.8 Å². The summed E-state index contributed by atoms with van der Waals surface area (Å²) in [5.74, 6) is 5.79. The SMILES string of the molecule is Cc1ccc(Cc2ccc(NN)nn2)cc1. The van der Waals surface area contributed by atoms with Crippen molar-refractivity contribution in [1.82, 2.24) is 10.2 Å². The molecule has 0 saturated heterocycles. The molecule has 1 heterocycles. The maximum atomic E-state index is 5.22. The van der Waals surface area contributed by atoms with Crippen molar-refractivity contribution < 1.29 is 0 Å². The van der Waals surface area contributed by atoms with Crippen LogP contribution in [0.25, 0.3) is 0 Å². The van der Waals surface area contributed by atoms with Crippen molar-refractivity contribution in [3.63, 3.8) is 0 Å². The molecule has 0 aliphatic rings. The van der Waals surface area contributed by atoms with Gasteiger partial charge in [-0.15, -0.1) is 5.10 Å². The minimum atomic E-state index is 0.577. The van der Waals surface area contributed by atoms with Crippen LogP contribution in [-0.2, 0) is 6.42 Å². The number of aromatic nitrogens is 2. The molecule has 2 aromatic rings. The smallest absolute Gasteiger partial charge is 0.162 e. The molecule has 0 aliphatic carbocycles. The number of nitrogens with one attached hydrogen (secondary N) is 1. The highest BCUT2D eigenvalue weighted by Crippen LogP contribution is 2.09. The highest BCUT2D eigenvalue weighted by molar-refractivity contribution is 5.32. The van der Waals surface area contributed by atoms with Crippen LogP contribution in [0.5, 0.6) is 0 Å². The topological polar surface area (TPSA) is 63.8 Å². The van der Waals surface area contributed by atoms with Gasteiger partial charge in [-0.25, -0.2) is 5.84 Å². The van der Waals surface area contributed by atoms with Crippen LogP contribution in [-0.4, -0.2) is 10.2 Å². The van der Waals surface area contributed by atoms with Crippen molar-refractivity contribution in [3.8, 4) is 0 Å². The van der Waals surface area contributed by atoms with E-state index in [-0.39, 0.29) is 0 Å². The summed E-state index contributed by atoms with van der Waals surface area (Å²) in [7, 11) is 0. The third-order valence-electron chi connectivity index (χ3n) is 2.37. The van der Waals surface area contributed by atoms with E-state index in [1.165, 1.54) is 11.1 Å². The van der Waals surface area contributed by atoms with E-state index >= 15 is 0 Å². The van der Waals surface area contributed by atoms with Crippen molar-refractivity contribution in [1.29, 1.82) is 0 Å². The molecule has 0 atom stereocenters. The molecule has 16 heavy (non-hydrogen) atoms. The quantitative estimate of drug-likeness (QED) is 0.602. The highest BCUT2D eigenvalue weighted by atomic mass is 15.3. The molecule has 0 unspecified atom stereocenters. The number of hydrazine groups is 1. The molecule has 0 spiro atoms. The Balaban J connectivity index is 2.11. The molecule has 1 aromatic heterocycles. The molecule has 0 aliphatic heterocycles. The van der Waals surface area contributed by atoms with E-state index in [0.717, 1.165) is 12.1 Å². The van der Waals surface area contributed by atoms with Gasteiger partial charge in [0.15, 0.2) is 5.82 Å². The fraction of sp³-hybridized carbons (Fsp3) is 0.167. The summed E-state index contributed by atoms with van der Waals surface area (Å²) in [6.07, 6.45) is 0.790. The average molecular weight is 214 g/mol. The number of nitrogens with two attached hydrogens (primary N) is 1. The Kier molecular flexibility index (Phi) is 3.12. The third-order valence-corrected chi connectivity index (χ3v) is 2.37. The molecule has 1 aromatic carbocycles. The molecule has 3 N–H and O–H groups in total. The molecule has 4 nitrogen and oxygen atoms in total. The van der Waals surface area contributed by atoms with Crippen molar-refractivity contribution in [2.24, 2.45) is 5.84 Å². The predicted octanol–water partition coefficient (Wildman–Crippen LogP) is 1.66. The van der Waals surface area contributed by atoms with Gasteiger partial charge < -0.3 is 5.43 Å². The second-order valence-corrected chi connectivity index (χ2v) is 3.72. The van der Waals surface area contributed by atoms with Crippen LogP contribution >= 0.6 is 0 Å². The second-order valence-electron chi connectivity index (χ2n) is 3.72. The Morgan fingerprint density at radius 2 is 1.81 bits per heavy atom. The number of benzene rings is 1. The van der Waals surface area contributed by atoms with Crippen LogP contribution in [0.1, 0.15) is 16.8 Å². The van der Waals surface area contributed by atoms with E-state index in [0.29, 0.717) is 5.82 Å². The van der Waals surface area contributed by atoms with Gasteiger partial charge in [-0.05, 0) is 24.6 Å². The lowest BCUT2D eigenvalue weighted by Crippen LogP contribution is -2.09. The fourth-order valence-electron chi connectivity index (χ4n) is 1.45. The number of rotatable bonds is 3. The second kappa shape index (κ2) is 4.72. The summed E-state index contributed by atoms with van der Waals surface area (Å²) in [5, 5.41) is 8.00. The van der Waals surface area contributed by atoms with Gasteiger partial charge in [-0.2, -0.15) is 5.10 Å². The Bertz CT molecular complexity index is 447. The van der Waals surface area contributed by atoms with Gasteiger partial charge in [0.05, 0.1) is 5.69 Å². The molecule has 2 rings (SSSR count). The monoisotopic (exact) mass is 214 g/mol. The summed E-state index contributed by atoms with van der Waals surface area (Å²) >= 11 is 0. The van der Waals surface area contributed by atoms with E-state index < -0.39 is 0 Å². The van der Waals surface area contributed by atoms with Gasteiger partial charge >= 0.3 is 0 Å². The number of anilines is 1. The Morgan fingerprint density at radius 3 is 2.38 bits per heavy atom. The molecule has 0 fully saturated rings. The Morgan fingerprint density at radius 1 is 1.06 bits per heavy atom. The van der Waals surface area contributed by atoms with Gasteiger partial charge in [0.2, 0.25) is 0 Å². The molecular formula is C12H14N4. The highest BCUT2D eigenvalue weighted by Gasteiger charge is 1.98. The summed E-state index contributed by atoms with van der Waals surface area (Å²) < 4.78 is 0. The van der Waals surface area contributed by atoms with Crippen LogP contribution in [0.15, 0.2) is 36.4 Å². The van der Waals surface area contributed by atoms with Crippen LogP contribution in [0, 0.1) is 6.92 Å². The number of nitrogen functional groups attached to an aromatic ring is 1. The average Bonchev–Trinajstić information content (AvgIpc) is 2.33. The molecule has 4 heteroatoms. The first-order valence-corrected chi connectivity index (χ1v) is 5.13. The Hall–Kier alpha value is -1.94. The molecule has 82 valence electrons. The normalized spacial score (nSPS) is 10.1. The summed E-state index contributed by atoms with van der Waals surface area (Å²) in [6, 6.07) is 12.1. The fourth-order valence-corrected chi connectivity index (χ4v) is 1.45. The Labute approximate surface area is 94.5 Å².